The zero-order valence-corrected chi connectivity index (χ0v) is 45.1. The molecule has 0 aromatic heterocycles. The molecule has 2 atom stereocenters. The Balaban J connectivity index is 3.46. The number of aliphatic hydroxyl groups excluding tert-OH is 2. The SMILES string of the molecule is CCCCCCCC/C=C\CCCCCCCC(=O)OCCCCCCCC/C=C\CCCCCCCCCC(=O)NC(CO)C(O)CCCCCCCCCCCCCCCCCCCC. The number of rotatable bonds is 56. The smallest absolute Gasteiger partial charge is 0.305 e. The van der Waals surface area contributed by atoms with Crippen LogP contribution in [-0.2, 0) is 14.3 Å². The molecule has 0 spiro atoms. The first-order valence-corrected chi connectivity index (χ1v) is 30.1. The quantitative estimate of drug-likeness (QED) is 0.0321. The van der Waals surface area contributed by atoms with Gasteiger partial charge in [0.15, 0.2) is 0 Å². The van der Waals surface area contributed by atoms with Gasteiger partial charge in [-0.1, -0.05) is 263 Å². The molecule has 0 aromatic carbocycles. The molecule has 0 aliphatic rings. The Bertz CT molecular complexity index is 1040. The standard InChI is InChI=1S/C61H117NO5/c1-3-5-7-9-11-13-15-17-19-20-22-26-29-33-37-41-45-49-53-59(64)58(57-63)62-60(65)54-50-46-42-38-34-30-27-23-21-24-28-32-36-40-44-48-52-56-67-61(66)55-51-47-43-39-35-31-25-18-16-14-12-10-8-6-4-2/h18,21,24-25,58-59,63-64H,3-17,19-20,22-23,26-57H2,1-2H3,(H,62,65)/b24-21-,25-18-. The molecule has 1 amide bonds. The summed E-state index contributed by atoms with van der Waals surface area (Å²) >= 11 is 0. The maximum absolute atomic E-state index is 12.5. The zero-order chi connectivity index (χ0) is 48.6. The maximum atomic E-state index is 12.5. The normalized spacial score (nSPS) is 12.7. The molecule has 0 fully saturated rings. The summed E-state index contributed by atoms with van der Waals surface area (Å²) in [5.41, 5.74) is 0. The number of amides is 1. The van der Waals surface area contributed by atoms with E-state index in [-0.39, 0.29) is 18.5 Å². The highest BCUT2D eigenvalue weighted by molar-refractivity contribution is 5.76. The topological polar surface area (TPSA) is 95.9 Å². The number of allylic oxidation sites excluding steroid dienone is 4. The number of aliphatic hydroxyl groups is 2. The summed E-state index contributed by atoms with van der Waals surface area (Å²) in [5.74, 6) is -0.0541. The van der Waals surface area contributed by atoms with Gasteiger partial charge >= 0.3 is 5.97 Å². The lowest BCUT2D eigenvalue weighted by atomic mass is 10.0. The minimum Gasteiger partial charge on any atom is -0.466 e. The Morgan fingerprint density at radius 2 is 0.701 bits per heavy atom. The van der Waals surface area contributed by atoms with Crippen LogP contribution in [0.2, 0.25) is 0 Å². The van der Waals surface area contributed by atoms with Crippen molar-refractivity contribution in [1.82, 2.24) is 5.32 Å². The third-order valence-electron chi connectivity index (χ3n) is 14.0. The number of unbranched alkanes of at least 4 members (excludes halogenated alkanes) is 41. The van der Waals surface area contributed by atoms with E-state index in [0.29, 0.717) is 25.9 Å². The third kappa shape index (κ3) is 53.5. The van der Waals surface area contributed by atoms with Gasteiger partial charge in [0.2, 0.25) is 5.91 Å². The average Bonchev–Trinajstić information content (AvgIpc) is 3.33. The van der Waals surface area contributed by atoms with Crippen molar-refractivity contribution < 1.29 is 24.5 Å². The van der Waals surface area contributed by atoms with Gasteiger partial charge in [-0.3, -0.25) is 9.59 Å². The predicted octanol–water partition coefficient (Wildman–Crippen LogP) is 18.6. The van der Waals surface area contributed by atoms with Gasteiger partial charge in [-0.05, 0) is 77.0 Å². The monoisotopic (exact) mass is 944 g/mol. The fraction of sp³-hybridized carbons (Fsp3) is 0.902. The Labute approximate surface area is 418 Å². The second-order valence-corrected chi connectivity index (χ2v) is 20.7. The van der Waals surface area contributed by atoms with Crippen LogP contribution in [0.25, 0.3) is 0 Å². The summed E-state index contributed by atoms with van der Waals surface area (Å²) in [7, 11) is 0. The van der Waals surface area contributed by atoms with E-state index in [1.54, 1.807) is 0 Å². The first-order chi connectivity index (χ1) is 33.0. The van der Waals surface area contributed by atoms with E-state index in [9.17, 15) is 19.8 Å². The van der Waals surface area contributed by atoms with Crippen molar-refractivity contribution in [1.29, 1.82) is 0 Å². The Kier molecular flexibility index (Phi) is 55.5. The van der Waals surface area contributed by atoms with Gasteiger partial charge in [-0.25, -0.2) is 0 Å². The molecule has 2 unspecified atom stereocenters. The molecule has 0 rings (SSSR count). The van der Waals surface area contributed by atoms with Crippen LogP contribution in [0.5, 0.6) is 0 Å². The lowest BCUT2D eigenvalue weighted by molar-refractivity contribution is -0.143. The van der Waals surface area contributed by atoms with Gasteiger partial charge < -0.3 is 20.3 Å². The molecule has 0 aromatic rings. The maximum Gasteiger partial charge on any atom is 0.305 e. The number of hydrogen-bond donors (Lipinski definition) is 3. The van der Waals surface area contributed by atoms with E-state index in [1.807, 2.05) is 0 Å². The van der Waals surface area contributed by atoms with Gasteiger partial charge in [-0.15, -0.1) is 0 Å². The van der Waals surface area contributed by atoms with Crippen molar-refractivity contribution in [3.05, 3.63) is 24.3 Å². The predicted molar refractivity (Wildman–Crippen MR) is 292 cm³/mol. The number of carbonyl (C=O) groups excluding carboxylic acids is 2. The molecule has 3 N–H and O–H groups in total. The summed E-state index contributed by atoms with van der Waals surface area (Å²) in [4.78, 5) is 24.5. The first-order valence-electron chi connectivity index (χ1n) is 30.1. The highest BCUT2D eigenvalue weighted by Crippen LogP contribution is 2.17. The fourth-order valence-electron chi connectivity index (χ4n) is 9.34. The zero-order valence-electron chi connectivity index (χ0n) is 45.1. The number of esters is 1. The summed E-state index contributed by atoms with van der Waals surface area (Å²) in [6, 6.07) is -0.551. The molecule has 0 heterocycles. The van der Waals surface area contributed by atoms with E-state index >= 15 is 0 Å². The van der Waals surface area contributed by atoms with Crippen molar-refractivity contribution >= 4 is 11.9 Å². The Morgan fingerprint density at radius 3 is 1.06 bits per heavy atom. The molecule has 6 heteroatoms. The van der Waals surface area contributed by atoms with Crippen molar-refractivity contribution in [2.75, 3.05) is 13.2 Å². The van der Waals surface area contributed by atoms with Crippen molar-refractivity contribution in [2.24, 2.45) is 0 Å². The molecule has 0 aliphatic carbocycles. The summed E-state index contributed by atoms with van der Waals surface area (Å²) in [6.45, 7) is 4.94. The van der Waals surface area contributed by atoms with Crippen LogP contribution in [-0.4, -0.2) is 47.4 Å². The largest absolute Gasteiger partial charge is 0.466 e. The minimum absolute atomic E-state index is 0.00924. The van der Waals surface area contributed by atoms with Crippen LogP contribution in [0.15, 0.2) is 24.3 Å². The van der Waals surface area contributed by atoms with E-state index in [0.717, 1.165) is 57.8 Å². The highest BCUT2D eigenvalue weighted by atomic mass is 16.5. The summed E-state index contributed by atoms with van der Waals surface area (Å²) in [5, 5.41) is 23.3. The molecule has 0 radical (unpaired) electrons. The number of hydrogen-bond acceptors (Lipinski definition) is 5. The second kappa shape index (κ2) is 56.9. The van der Waals surface area contributed by atoms with Gasteiger partial charge in [-0.2, -0.15) is 0 Å². The molecular weight excluding hydrogens is 827 g/mol. The van der Waals surface area contributed by atoms with Crippen LogP contribution in [0, 0.1) is 0 Å². The van der Waals surface area contributed by atoms with Crippen LogP contribution >= 0.6 is 0 Å². The molecule has 0 bridgehead atoms. The molecule has 6 nitrogen and oxygen atoms in total. The van der Waals surface area contributed by atoms with Gasteiger partial charge in [0.1, 0.15) is 0 Å². The third-order valence-corrected chi connectivity index (χ3v) is 14.0. The average molecular weight is 945 g/mol. The van der Waals surface area contributed by atoms with E-state index in [1.165, 1.54) is 238 Å². The lowest BCUT2D eigenvalue weighted by Gasteiger charge is -2.22. The van der Waals surface area contributed by atoms with Gasteiger partial charge in [0.25, 0.3) is 0 Å². The molecule has 0 aliphatic heterocycles. The van der Waals surface area contributed by atoms with Crippen molar-refractivity contribution in [2.45, 2.75) is 341 Å². The number of carbonyl (C=O) groups is 2. The van der Waals surface area contributed by atoms with Gasteiger partial charge in [0.05, 0.1) is 25.4 Å². The molecule has 0 saturated heterocycles. The molecule has 0 saturated carbocycles. The van der Waals surface area contributed by atoms with Crippen LogP contribution in [0.1, 0.15) is 328 Å². The second-order valence-electron chi connectivity index (χ2n) is 20.7. The van der Waals surface area contributed by atoms with Crippen molar-refractivity contribution in [3.8, 4) is 0 Å². The van der Waals surface area contributed by atoms with Gasteiger partial charge in [0, 0.05) is 12.8 Å². The van der Waals surface area contributed by atoms with E-state index in [2.05, 4.69) is 43.5 Å². The van der Waals surface area contributed by atoms with Crippen LogP contribution in [0.4, 0.5) is 0 Å². The highest BCUT2D eigenvalue weighted by Gasteiger charge is 2.20. The Morgan fingerprint density at radius 1 is 0.403 bits per heavy atom. The van der Waals surface area contributed by atoms with Crippen LogP contribution in [0.3, 0.4) is 0 Å². The molecule has 396 valence electrons. The number of ether oxygens (including phenoxy) is 1. The summed E-state index contributed by atoms with van der Waals surface area (Å²) < 4.78 is 5.47. The Hall–Kier alpha value is -1.66. The van der Waals surface area contributed by atoms with E-state index < -0.39 is 12.1 Å². The van der Waals surface area contributed by atoms with Crippen molar-refractivity contribution in [3.63, 3.8) is 0 Å². The fourth-order valence-corrected chi connectivity index (χ4v) is 9.34. The lowest BCUT2D eigenvalue weighted by Crippen LogP contribution is -2.45. The minimum atomic E-state index is -0.673. The number of nitrogens with one attached hydrogen (secondary N) is 1. The molecular formula is C61H117NO5. The first kappa shape index (κ1) is 65.3. The molecule has 67 heavy (non-hydrogen) atoms. The summed E-state index contributed by atoms with van der Waals surface area (Å²) in [6.07, 6.45) is 68.8. The van der Waals surface area contributed by atoms with E-state index in [4.69, 9.17) is 4.74 Å². The van der Waals surface area contributed by atoms with Crippen LogP contribution < -0.4 is 5.32 Å².